The molecule has 1 N–H and O–H groups in total. The summed E-state index contributed by atoms with van der Waals surface area (Å²) in [4.78, 5) is 12.5. The SMILES string of the molecule is CC1CCC(CNC(=O)c2ccc(C#N)cc2)(c2ccccc2)CC1. The monoisotopic (exact) mass is 332 g/mol. The molecule has 3 nitrogen and oxygen atoms in total. The number of nitrogens with one attached hydrogen (secondary N) is 1. The Labute approximate surface area is 149 Å². The van der Waals surface area contributed by atoms with E-state index >= 15 is 0 Å². The first-order chi connectivity index (χ1) is 12.1. The Kier molecular flexibility index (Phi) is 5.19. The van der Waals surface area contributed by atoms with Crippen molar-refractivity contribution in [3.63, 3.8) is 0 Å². The van der Waals surface area contributed by atoms with Crippen LogP contribution in [0.25, 0.3) is 0 Å². The predicted octanol–water partition coefficient (Wildman–Crippen LogP) is 4.44. The molecule has 0 unspecified atom stereocenters. The molecule has 3 heteroatoms. The Morgan fingerprint density at radius 1 is 1.12 bits per heavy atom. The van der Waals surface area contributed by atoms with Gasteiger partial charge in [-0.1, -0.05) is 37.3 Å². The van der Waals surface area contributed by atoms with E-state index in [2.05, 4.69) is 42.6 Å². The van der Waals surface area contributed by atoms with Crippen molar-refractivity contribution >= 4 is 5.91 Å². The Morgan fingerprint density at radius 2 is 1.76 bits per heavy atom. The molecule has 1 aliphatic rings. The summed E-state index contributed by atoms with van der Waals surface area (Å²) in [6.07, 6.45) is 4.60. The van der Waals surface area contributed by atoms with Gasteiger partial charge in [-0.25, -0.2) is 0 Å². The third-order valence-corrected chi connectivity index (χ3v) is 5.48. The molecule has 0 bridgehead atoms. The van der Waals surface area contributed by atoms with Crippen LogP contribution in [0.4, 0.5) is 0 Å². The van der Waals surface area contributed by atoms with Crippen LogP contribution in [0, 0.1) is 17.2 Å². The molecule has 0 spiro atoms. The quantitative estimate of drug-likeness (QED) is 0.900. The molecule has 1 amide bonds. The summed E-state index contributed by atoms with van der Waals surface area (Å²) in [6, 6.07) is 19.4. The minimum Gasteiger partial charge on any atom is -0.351 e. The van der Waals surface area contributed by atoms with Crippen molar-refractivity contribution in [2.75, 3.05) is 6.54 Å². The second-order valence-electron chi connectivity index (χ2n) is 7.20. The lowest BCUT2D eigenvalue weighted by molar-refractivity contribution is 0.0933. The molecule has 0 aliphatic heterocycles. The van der Waals surface area contributed by atoms with Gasteiger partial charge in [-0.2, -0.15) is 5.26 Å². The lowest BCUT2D eigenvalue weighted by Gasteiger charge is -2.40. The maximum atomic E-state index is 12.5. The summed E-state index contributed by atoms with van der Waals surface area (Å²) >= 11 is 0. The van der Waals surface area contributed by atoms with Gasteiger partial charge in [-0.3, -0.25) is 4.79 Å². The highest BCUT2D eigenvalue weighted by molar-refractivity contribution is 5.94. The molecule has 0 saturated heterocycles. The van der Waals surface area contributed by atoms with E-state index in [4.69, 9.17) is 5.26 Å². The number of carbonyl (C=O) groups excluding carboxylic acids is 1. The number of hydrogen-bond acceptors (Lipinski definition) is 2. The lowest BCUT2D eigenvalue weighted by Crippen LogP contribution is -2.43. The molecule has 3 rings (SSSR count). The summed E-state index contributed by atoms with van der Waals surface area (Å²) in [5, 5.41) is 12.0. The molecule has 1 aliphatic carbocycles. The van der Waals surface area contributed by atoms with Crippen molar-refractivity contribution in [2.45, 2.75) is 38.0 Å². The Hall–Kier alpha value is -2.60. The highest BCUT2D eigenvalue weighted by Crippen LogP contribution is 2.41. The second-order valence-corrected chi connectivity index (χ2v) is 7.20. The minimum atomic E-state index is -0.0709. The maximum absolute atomic E-state index is 12.5. The van der Waals surface area contributed by atoms with Crippen molar-refractivity contribution in [1.29, 1.82) is 5.26 Å². The van der Waals surface area contributed by atoms with Crippen LogP contribution in [0.2, 0.25) is 0 Å². The Bertz CT molecular complexity index is 751. The Morgan fingerprint density at radius 3 is 2.36 bits per heavy atom. The number of nitriles is 1. The fourth-order valence-electron chi connectivity index (χ4n) is 3.72. The second kappa shape index (κ2) is 7.53. The highest BCUT2D eigenvalue weighted by Gasteiger charge is 2.36. The topological polar surface area (TPSA) is 52.9 Å². The van der Waals surface area contributed by atoms with Crippen molar-refractivity contribution in [3.8, 4) is 6.07 Å². The van der Waals surface area contributed by atoms with Crippen LogP contribution in [-0.2, 0) is 5.41 Å². The van der Waals surface area contributed by atoms with Crippen LogP contribution in [-0.4, -0.2) is 12.5 Å². The fourth-order valence-corrected chi connectivity index (χ4v) is 3.72. The van der Waals surface area contributed by atoms with E-state index < -0.39 is 0 Å². The third kappa shape index (κ3) is 3.91. The van der Waals surface area contributed by atoms with Crippen molar-refractivity contribution < 1.29 is 4.79 Å². The van der Waals surface area contributed by atoms with E-state index in [0.29, 0.717) is 17.7 Å². The molecular formula is C22H24N2O. The van der Waals surface area contributed by atoms with Crippen LogP contribution in [0.15, 0.2) is 54.6 Å². The summed E-state index contributed by atoms with van der Waals surface area (Å²) < 4.78 is 0. The number of hydrogen-bond donors (Lipinski definition) is 1. The van der Waals surface area contributed by atoms with E-state index in [1.54, 1.807) is 24.3 Å². The number of rotatable bonds is 4. The molecule has 1 fully saturated rings. The van der Waals surface area contributed by atoms with Gasteiger partial charge in [0.1, 0.15) is 0 Å². The number of carbonyl (C=O) groups is 1. The van der Waals surface area contributed by atoms with Gasteiger partial charge in [0, 0.05) is 17.5 Å². The largest absolute Gasteiger partial charge is 0.351 e. The van der Waals surface area contributed by atoms with E-state index in [1.165, 1.54) is 18.4 Å². The minimum absolute atomic E-state index is 0.0238. The van der Waals surface area contributed by atoms with E-state index in [-0.39, 0.29) is 11.3 Å². The van der Waals surface area contributed by atoms with Gasteiger partial charge in [-0.05, 0) is 61.4 Å². The van der Waals surface area contributed by atoms with Crippen LogP contribution in [0.3, 0.4) is 0 Å². The molecule has 0 atom stereocenters. The molecular weight excluding hydrogens is 308 g/mol. The zero-order valence-electron chi connectivity index (χ0n) is 14.7. The van der Waals surface area contributed by atoms with Crippen LogP contribution >= 0.6 is 0 Å². The van der Waals surface area contributed by atoms with E-state index in [0.717, 1.165) is 18.8 Å². The smallest absolute Gasteiger partial charge is 0.251 e. The zero-order chi connectivity index (χ0) is 17.7. The third-order valence-electron chi connectivity index (χ3n) is 5.48. The summed E-state index contributed by atoms with van der Waals surface area (Å²) in [7, 11) is 0. The number of amides is 1. The van der Waals surface area contributed by atoms with Gasteiger partial charge in [0.2, 0.25) is 0 Å². The van der Waals surface area contributed by atoms with Crippen LogP contribution in [0.1, 0.15) is 54.1 Å². The van der Waals surface area contributed by atoms with E-state index in [9.17, 15) is 4.79 Å². The lowest BCUT2D eigenvalue weighted by atomic mass is 9.67. The molecule has 2 aromatic carbocycles. The van der Waals surface area contributed by atoms with Gasteiger partial charge in [0.05, 0.1) is 11.6 Å². The van der Waals surface area contributed by atoms with Gasteiger partial charge in [-0.15, -0.1) is 0 Å². The average Bonchev–Trinajstić information content (AvgIpc) is 2.68. The van der Waals surface area contributed by atoms with Gasteiger partial charge < -0.3 is 5.32 Å². The zero-order valence-corrected chi connectivity index (χ0v) is 14.7. The number of benzene rings is 2. The highest BCUT2D eigenvalue weighted by atomic mass is 16.1. The first-order valence-corrected chi connectivity index (χ1v) is 8.97. The summed E-state index contributed by atoms with van der Waals surface area (Å²) in [5.74, 6) is 0.685. The Balaban J connectivity index is 1.74. The van der Waals surface area contributed by atoms with Crippen molar-refractivity contribution in [1.82, 2.24) is 5.32 Å². The molecule has 0 aromatic heterocycles. The number of nitrogens with zero attached hydrogens (tertiary/aromatic N) is 1. The normalized spacial score (nSPS) is 22.8. The molecule has 25 heavy (non-hydrogen) atoms. The van der Waals surface area contributed by atoms with Gasteiger partial charge in [0.25, 0.3) is 5.91 Å². The molecule has 1 saturated carbocycles. The molecule has 2 aromatic rings. The fraction of sp³-hybridized carbons (Fsp3) is 0.364. The van der Waals surface area contributed by atoms with Gasteiger partial charge in [0.15, 0.2) is 0 Å². The van der Waals surface area contributed by atoms with Gasteiger partial charge >= 0.3 is 0 Å². The van der Waals surface area contributed by atoms with Crippen LogP contribution < -0.4 is 5.32 Å². The average molecular weight is 332 g/mol. The first kappa shape index (κ1) is 17.2. The maximum Gasteiger partial charge on any atom is 0.251 e. The predicted molar refractivity (Wildman–Crippen MR) is 99.2 cm³/mol. The molecule has 0 radical (unpaired) electrons. The first-order valence-electron chi connectivity index (χ1n) is 8.97. The van der Waals surface area contributed by atoms with Crippen molar-refractivity contribution in [3.05, 3.63) is 71.3 Å². The van der Waals surface area contributed by atoms with Crippen LogP contribution in [0.5, 0.6) is 0 Å². The van der Waals surface area contributed by atoms with Crippen molar-refractivity contribution in [2.24, 2.45) is 5.92 Å². The van der Waals surface area contributed by atoms with E-state index in [1.807, 2.05) is 6.07 Å². The standard InChI is InChI=1S/C22H24N2O/c1-17-11-13-22(14-12-17,20-5-3-2-4-6-20)16-24-21(25)19-9-7-18(15-23)8-10-19/h2-10,17H,11-14,16H2,1H3,(H,24,25). The molecule has 128 valence electrons. The summed E-state index contributed by atoms with van der Waals surface area (Å²) in [5.41, 5.74) is 2.52. The molecule has 0 heterocycles. The summed E-state index contributed by atoms with van der Waals surface area (Å²) in [6.45, 7) is 2.97.